The molecule has 0 saturated heterocycles. The second-order valence-electron chi connectivity index (χ2n) is 16.6. The van der Waals surface area contributed by atoms with Crippen molar-refractivity contribution in [3.8, 4) is 0 Å². The summed E-state index contributed by atoms with van der Waals surface area (Å²) in [7, 11) is -11.3. The number of carbonyl (C=O) groups excluding carboxylic acids is 2. The third-order valence-corrected chi connectivity index (χ3v) is 13.5. The predicted molar refractivity (Wildman–Crippen MR) is 239 cm³/mol. The Bertz CT molecular complexity index is 2630. The van der Waals surface area contributed by atoms with Crippen molar-refractivity contribution in [2.75, 3.05) is 30.5 Å². The van der Waals surface area contributed by atoms with Crippen LogP contribution in [0.4, 0.5) is 11.4 Å². The molecule has 1 amide bonds. The molecule has 2 aliphatic heterocycles. The number of nitrogens with one attached hydrogen (secondary N) is 1. The van der Waals surface area contributed by atoms with Crippen molar-refractivity contribution in [3.63, 3.8) is 0 Å². The first-order chi connectivity index (χ1) is 27.9. The van der Waals surface area contributed by atoms with Crippen molar-refractivity contribution < 1.29 is 44.3 Å². The third-order valence-electron chi connectivity index (χ3n) is 11.0. The quantitative estimate of drug-likeness (QED) is 0.0442. The molecule has 15 heteroatoms. The van der Waals surface area contributed by atoms with Gasteiger partial charge in [-0.15, -0.1) is 0 Å². The average molecular weight is 879 g/mol. The number of Topliss-reactive ketones (excluding diaryl/α,β-unsaturated/α-hetero) is 1. The van der Waals surface area contributed by atoms with E-state index in [1.165, 1.54) is 42.1 Å². The van der Waals surface area contributed by atoms with Gasteiger partial charge in [-0.25, -0.2) is 0 Å². The Morgan fingerprint density at radius 2 is 1.43 bits per heavy atom. The number of ketones is 1. The molecule has 0 saturated carbocycles. The molecule has 3 N–H and O–H groups in total. The van der Waals surface area contributed by atoms with Crippen LogP contribution in [0.1, 0.15) is 77.0 Å². The number of carbonyl (C=O) groups is 2. The summed E-state index contributed by atoms with van der Waals surface area (Å²) in [6, 6.07) is 17.7. The van der Waals surface area contributed by atoms with Crippen LogP contribution in [-0.4, -0.2) is 89.1 Å². The molecule has 0 fully saturated rings. The van der Waals surface area contributed by atoms with Crippen LogP contribution >= 0.6 is 0 Å². The number of unbranched alkanes of at least 4 members (excludes halogenated alkanes) is 2. The van der Waals surface area contributed by atoms with Gasteiger partial charge >= 0.3 is 0 Å². The number of amides is 1. The van der Waals surface area contributed by atoms with E-state index in [4.69, 9.17) is 0 Å². The van der Waals surface area contributed by atoms with Gasteiger partial charge in [0.05, 0.1) is 21.2 Å². The number of hydrogen-bond donors (Lipinski definition) is 3. The minimum atomic E-state index is -4.45. The molecule has 3 aromatic carbocycles. The van der Waals surface area contributed by atoms with E-state index < -0.39 is 46.6 Å². The van der Waals surface area contributed by atoms with Gasteiger partial charge in [0.1, 0.15) is 6.54 Å². The lowest BCUT2D eigenvalue weighted by Gasteiger charge is -2.25. The van der Waals surface area contributed by atoms with E-state index in [2.05, 4.69) is 14.8 Å². The van der Waals surface area contributed by atoms with Crippen molar-refractivity contribution in [1.82, 2.24) is 5.32 Å². The predicted octanol–water partition coefficient (Wildman–Crippen LogP) is 6.57. The van der Waals surface area contributed by atoms with Crippen LogP contribution in [-0.2, 0) is 56.6 Å². The molecule has 2 heterocycles. The van der Waals surface area contributed by atoms with Crippen LogP contribution < -0.4 is 10.2 Å². The van der Waals surface area contributed by atoms with E-state index in [1.807, 2.05) is 95.3 Å². The molecule has 1 atom stereocenters. The number of rotatable bonds is 17. The van der Waals surface area contributed by atoms with Gasteiger partial charge in [-0.05, 0) is 90.7 Å². The van der Waals surface area contributed by atoms with Crippen LogP contribution in [0.15, 0.2) is 113 Å². The van der Waals surface area contributed by atoms with Gasteiger partial charge in [0.15, 0.2) is 11.5 Å². The highest BCUT2D eigenvalue weighted by molar-refractivity contribution is 8.01. The van der Waals surface area contributed by atoms with Crippen molar-refractivity contribution in [3.05, 3.63) is 119 Å². The number of nitrogens with zero attached hydrogens (tertiary/aromatic N) is 2. The van der Waals surface area contributed by atoms with E-state index in [0.717, 1.165) is 39.5 Å². The molecule has 3 aromatic rings. The summed E-state index contributed by atoms with van der Waals surface area (Å²) in [4.78, 5) is 27.9. The first-order valence-electron chi connectivity index (χ1n) is 19.8. The summed E-state index contributed by atoms with van der Waals surface area (Å²) in [6.45, 7) is 11.2. The summed E-state index contributed by atoms with van der Waals surface area (Å²) in [5, 5.41) is 4.06. The van der Waals surface area contributed by atoms with Gasteiger partial charge < -0.3 is 10.2 Å². The first-order valence-corrected chi connectivity index (χ1v) is 25.1. The standard InChI is InChI=1S/C45H55N3O9S3/c1-8-47-38-25-23-33(59(52,53)54)29-35(38)44(2,3)41(47)20-14-10-15-21-42-45(4,5)36-30-34(60(55,56)57)24-26-39(36)48(42)27-17-11-16-22-43(50)46-37(40(49)31-58(6,7)51)28-32-18-12-9-13-19-32/h9-10,12-15,18-21,23-26,29-31,37H,8,11,16-17,22,27-28H2,1-7H3,(H2-,46,50,52,53,54,55,56,57)/p+1/t37-/m0/s1. The zero-order valence-corrected chi connectivity index (χ0v) is 37.7. The highest BCUT2D eigenvalue weighted by atomic mass is 32.2. The summed E-state index contributed by atoms with van der Waals surface area (Å²) in [6.07, 6.45) is 15.0. The largest absolute Gasteiger partial charge is 0.346 e. The molecule has 322 valence electrons. The summed E-state index contributed by atoms with van der Waals surface area (Å²) < 4.78 is 82.1. The van der Waals surface area contributed by atoms with Crippen LogP contribution in [0, 0.1) is 0 Å². The molecule has 0 spiro atoms. The zero-order valence-electron chi connectivity index (χ0n) is 35.2. The highest BCUT2D eigenvalue weighted by Gasteiger charge is 2.45. The maximum absolute atomic E-state index is 13.1. The molecule has 0 unspecified atom stereocenters. The number of allylic oxidation sites excluding steroid dienone is 6. The van der Waals surface area contributed by atoms with Crippen molar-refractivity contribution >= 4 is 63.9 Å². The average Bonchev–Trinajstić information content (AvgIpc) is 3.50. The van der Waals surface area contributed by atoms with E-state index in [9.17, 15) is 39.7 Å². The zero-order chi connectivity index (χ0) is 44.3. The Morgan fingerprint density at radius 1 is 0.800 bits per heavy atom. The van der Waals surface area contributed by atoms with Gasteiger partial charge in [0, 0.05) is 78.2 Å². The van der Waals surface area contributed by atoms with Crippen molar-refractivity contribution in [2.45, 2.75) is 93.4 Å². The first kappa shape index (κ1) is 46.4. The Balaban J connectivity index is 1.33. The lowest BCUT2D eigenvalue weighted by molar-refractivity contribution is -0.438. The SMILES string of the molecule is CCN1/C(=C/C=C/C=C/C2=[N+](CCCCCC(=O)N[C@@H](Cc3ccccc3)C(=O)C=S(C)(C)=O)c3ccc(S(=O)(=O)O)cc3C2(C)C)C(C)(C)c2cc(S(=O)(=O)O)ccc21. The maximum atomic E-state index is 13.1. The molecule has 60 heavy (non-hydrogen) atoms. The number of likely N-dealkylation sites (N-methyl/N-ethyl adjacent to an activating group) is 1. The normalized spacial score (nSPS) is 17.4. The van der Waals surface area contributed by atoms with E-state index in [-0.39, 0.29) is 34.3 Å². The van der Waals surface area contributed by atoms with E-state index in [1.54, 1.807) is 12.1 Å². The number of anilines is 1. The minimum Gasteiger partial charge on any atom is -0.346 e. The number of benzene rings is 3. The van der Waals surface area contributed by atoms with E-state index in [0.29, 0.717) is 32.4 Å². The molecule has 12 nitrogen and oxygen atoms in total. The van der Waals surface area contributed by atoms with Gasteiger partial charge in [0.25, 0.3) is 20.2 Å². The van der Waals surface area contributed by atoms with Gasteiger partial charge in [0.2, 0.25) is 11.6 Å². The van der Waals surface area contributed by atoms with Gasteiger partial charge in [-0.2, -0.15) is 21.4 Å². The van der Waals surface area contributed by atoms with Crippen molar-refractivity contribution in [2.24, 2.45) is 0 Å². The second kappa shape index (κ2) is 18.1. The summed E-state index contributed by atoms with van der Waals surface area (Å²) >= 11 is 0. The lowest BCUT2D eigenvalue weighted by atomic mass is 9.81. The molecular weight excluding hydrogens is 823 g/mol. The smallest absolute Gasteiger partial charge is 0.294 e. The molecular formula is C45H56N3O9S3+. The third kappa shape index (κ3) is 10.8. The van der Waals surface area contributed by atoms with Crippen LogP contribution in [0.5, 0.6) is 0 Å². The van der Waals surface area contributed by atoms with Crippen LogP contribution in [0.3, 0.4) is 0 Å². The van der Waals surface area contributed by atoms with E-state index >= 15 is 0 Å². The fraction of sp³-hybridized carbons (Fsp3) is 0.378. The Kier molecular flexibility index (Phi) is 14.0. The topological polar surface area (TPSA) is 178 Å². The van der Waals surface area contributed by atoms with Crippen molar-refractivity contribution in [1.29, 1.82) is 0 Å². The summed E-state index contributed by atoms with van der Waals surface area (Å²) in [5.74, 6) is -0.654. The Labute approximate surface area is 355 Å². The fourth-order valence-corrected chi connectivity index (χ4v) is 9.74. The number of fused-ring (bicyclic) bond motifs is 2. The molecule has 0 aromatic heterocycles. The second-order valence-corrected chi connectivity index (χ2v) is 22.3. The molecule has 0 aliphatic carbocycles. The fourth-order valence-electron chi connectivity index (χ4n) is 8.00. The molecule has 2 aliphatic rings. The van der Waals surface area contributed by atoms with Gasteiger partial charge in [-0.3, -0.25) is 22.9 Å². The van der Waals surface area contributed by atoms with Gasteiger partial charge in [-0.1, -0.05) is 62.4 Å². The molecule has 0 radical (unpaired) electrons. The summed E-state index contributed by atoms with van der Waals surface area (Å²) in [5.41, 5.74) is 4.75. The Hall–Kier alpha value is -4.67. The van der Waals surface area contributed by atoms with Crippen LogP contribution in [0.2, 0.25) is 0 Å². The maximum Gasteiger partial charge on any atom is 0.294 e. The lowest BCUT2D eigenvalue weighted by Crippen LogP contribution is -2.43. The monoisotopic (exact) mass is 878 g/mol. The molecule has 0 bridgehead atoms. The minimum absolute atomic E-state index is 0.154. The number of hydrogen-bond acceptors (Lipinski definition) is 8. The molecule has 5 rings (SSSR count). The Morgan fingerprint density at radius 3 is 2.05 bits per heavy atom. The van der Waals surface area contributed by atoms with Crippen LogP contribution in [0.25, 0.3) is 0 Å². The highest BCUT2D eigenvalue weighted by Crippen LogP contribution is 2.48.